The summed E-state index contributed by atoms with van der Waals surface area (Å²) in [6, 6.07) is -0.597. The van der Waals surface area contributed by atoms with Crippen LogP contribution in [0.25, 0.3) is 0 Å². The first-order valence-electron chi connectivity index (χ1n) is 3.66. The van der Waals surface area contributed by atoms with Gasteiger partial charge in [-0.2, -0.15) is 0 Å². The number of carboxylic acid groups (broad SMARTS) is 1. The fraction of sp³-hybridized carbons (Fsp3) is 0.500. The van der Waals surface area contributed by atoms with Gasteiger partial charge in [-0.1, -0.05) is 13.5 Å². The molecule has 0 radical (unpaired) electrons. The molecular weight excluding hydrogens is 158 g/mol. The van der Waals surface area contributed by atoms with Crippen molar-refractivity contribution in [2.45, 2.75) is 19.4 Å². The van der Waals surface area contributed by atoms with Crippen LogP contribution < -0.4 is 0 Å². The van der Waals surface area contributed by atoms with Gasteiger partial charge in [0.15, 0.2) is 5.78 Å². The van der Waals surface area contributed by atoms with E-state index in [1.54, 1.807) is 6.92 Å². The largest absolute Gasteiger partial charge is 0.465 e. The summed E-state index contributed by atoms with van der Waals surface area (Å²) in [6.07, 6.45) is 0.512. The summed E-state index contributed by atoms with van der Waals surface area (Å²) in [5.41, 5.74) is 0. The van der Waals surface area contributed by atoms with Crippen LogP contribution in [0, 0.1) is 0 Å². The second kappa shape index (κ2) is 4.54. The molecule has 0 heterocycles. The zero-order valence-corrected chi connectivity index (χ0v) is 7.28. The minimum absolute atomic E-state index is 0.262. The maximum absolute atomic E-state index is 11.1. The quantitative estimate of drug-likeness (QED) is 0.645. The lowest BCUT2D eigenvalue weighted by Crippen LogP contribution is -2.40. The molecule has 0 aromatic heterocycles. The highest BCUT2D eigenvalue weighted by atomic mass is 16.4. The Morgan fingerprint density at radius 1 is 1.67 bits per heavy atom. The van der Waals surface area contributed by atoms with Crippen LogP contribution in [0.3, 0.4) is 0 Å². The standard InChI is InChI=1S/C8H13NO3/c1-4-6(7(10)5-2)9(3)8(11)12/h5-6H,2,4H2,1,3H3,(H,11,12). The average molecular weight is 171 g/mol. The van der Waals surface area contributed by atoms with Gasteiger partial charge in [-0.3, -0.25) is 4.79 Å². The predicted octanol–water partition coefficient (Wildman–Crippen LogP) is 1.13. The average Bonchev–Trinajstić information content (AvgIpc) is 2.05. The van der Waals surface area contributed by atoms with Gasteiger partial charge in [0.05, 0.1) is 6.04 Å². The first-order chi connectivity index (χ1) is 5.54. The van der Waals surface area contributed by atoms with Gasteiger partial charge in [-0.05, 0) is 12.5 Å². The van der Waals surface area contributed by atoms with Gasteiger partial charge in [-0.15, -0.1) is 0 Å². The summed E-state index contributed by atoms with van der Waals surface area (Å²) in [6.45, 7) is 5.06. The van der Waals surface area contributed by atoms with Gasteiger partial charge < -0.3 is 10.0 Å². The third-order valence-corrected chi connectivity index (χ3v) is 1.69. The highest BCUT2D eigenvalue weighted by Gasteiger charge is 2.22. The SMILES string of the molecule is C=CC(=O)C(CC)N(C)C(=O)O. The molecule has 0 spiro atoms. The number of likely N-dealkylation sites (N-methyl/N-ethyl adjacent to an activating group) is 1. The predicted molar refractivity (Wildman–Crippen MR) is 45.1 cm³/mol. The van der Waals surface area contributed by atoms with E-state index in [1.807, 2.05) is 0 Å². The van der Waals surface area contributed by atoms with Crippen LogP contribution in [0.15, 0.2) is 12.7 Å². The highest BCUT2D eigenvalue weighted by molar-refractivity contribution is 5.95. The molecule has 0 aliphatic rings. The van der Waals surface area contributed by atoms with Crippen molar-refractivity contribution in [1.82, 2.24) is 4.90 Å². The summed E-state index contributed by atoms with van der Waals surface area (Å²) in [7, 11) is 1.37. The molecule has 12 heavy (non-hydrogen) atoms. The van der Waals surface area contributed by atoms with E-state index in [2.05, 4.69) is 6.58 Å². The van der Waals surface area contributed by atoms with Crippen molar-refractivity contribution in [2.75, 3.05) is 7.05 Å². The Balaban J connectivity index is 4.43. The lowest BCUT2D eigenvalue weighted by Gasteiger charge is -2.21. The minimum Gasteiger partial charge on any atom is -0.465 e. The molecule has 0 bridgehead atoms. The summed E-state index contributed by atoms with van der Waals surface area (Å²) in [5.74, 6) is -0.262. The second-order valence-electron chi connectivity index (χ2n) is 2.42. The number of hydrogen-bond acceptors (Lipinski definition) is 2. The molecule has 1 amide bonds. The van der Waals surface area contributed by atoms with Crippen molar-refractivity contribution >= 4 is 11.9 Å². The Morgan fingerprint density at radius 2 is 2.17 bits per heavy atom. The fourth-order valence-electron chi connectivity index (χ4n) is 0.935. The maximum atomic E-state index is 11.1. The Kier molecular flexibility index (Phi) is 4.04. The van der Waals surface area contributed by atoms with Crippen molar-refractivity contribution in [3.05, 3.63) is 12.7 Å². The molecular formula is C8H13NO3. The molecule has 0 aliphatic carbocycles. The Morgan fingerprint density at radius 3 is 2.42 bits per heavy atom. The zero-order valence-electron chi connectivity index (χ0n) is 7.28. The maximum Gasteiger partial charge on any atom is 0.407 e. The molecule has 0 saturated carbocycles. The number of hydrogen-bond donors (Lipinski definition) is 1. The van der Waals surface area contributed by atoms with E-state index < -0.39 is 12.1 Å². The van der Waals surface area contributed by atoms with Gasteiger partial charge in [0.25, 0.3) is 0 Å². The first-order valence-corrected chi connectivity index (χ1v) is 3.66. The Hall–Kier alpha value is -1.32. The first kappa shape index (κ1) is 10.7. The van der Waals surface area contributed by atoms with Gasteiger partial charge >= 0.3 is 6.09 Å². The monoisotopic (exact) mass is 171 g/mol. The molecule has 0 rings (SSSR count). The van der Waals surface area contributed by atoms with Crippen molar-refractivity contribution in [1.29, 1.82) is 0 Å². The molecule has 4 nitrogen and oxygen atoms in total. The summed E-state index contributed by atoms with van der Waals surface area (Å²) < 4.78 is 0. The third-order valence-electron chi connectivity index (χ3n) is 1.69. The van der Waals surface area contributed by atoms with E-state index in [0.717, 1.165) is 11.0 Å². The molecule has 1 unspecified atom stereocenters. The molecule has 68 valence electrons. The van der Waals surface area contributed by atoms with Gasteiger partial charge in [0.1, 0.15) is 0 Å². The molecule has 0 fully saturated rings. The van der Waals surface area contributed by atoms with Crippen LogP contribution in [-0.2, 0) is 4.79 Å². The molecule has 4 heteroatoms. The molecule has 0 saturated heterocycles. The van der Waals surface area contributed by atoms with E-state index in [-0.39, 0.29) is 5.78 Å². The van der Waals surface area contributed by atoms with Crippen molar-refractivity contribution in [3.8, 4) is 0 Å². The lowest BCUT2D eigenvalue weighted by atomic mass is 10.1. The van der Waals surface area contributed by atoms with Crippen molar-refractivity contribution in [2.24, 2.45) is 0 Å². The summed E-state index contributed by atoms with van der Waals surface area (Å²) in [4.78, 5) is 22.5. The minimum atomic E-state index is -1.10. The van der Waals surface area contributed by atoms with Crippen molar-refractivity contribution in [3.63, 3.8) is 0 Å². The number of carbonyl (C=O) groups is 2. The van der Waals surface area contributed by atoms with E-state index in [1.165, 1.54) is 7.05 Å². The number of rotatable bonds is 4. The molecule has 0 aromatic rings. The van der Waals surface area contributed by atoms with E-state index in [9.17, 15) is 9.59 Å². The zero-order chi connectivity index (χ0) is 9.72. The molecule has 1 atom stereocenters. The highest BCUT2D eigenvalue weighted by Crippen LogP contribution is 2.03. The Labute approximate surface area is 71.5 Å². The van der Waals surface area contributed by atoms with Crippen LogP contribution >= 0.6 is 0 Å². The molecule has 1 N–H and O–H groups in total. The van der Waals surface area contributed by atoms with Crippen molar-refractivity contribution < 1.29 is 14.7 Å². The summed E-state index contributed by atoms with van der Waals surface area (Å²) in [5, 5.41) is 8.57. The fourth-order valence-corrected chi connectivity index (χ4v) is 0.935. The molecule has 0 aliphatic heterocycles. The van der Waals surface area contributed by atoms with Crippen LogP contribution in [0.2, 0.25) is 0 Å². The van der Waals surface area contributed by atoms with E-state index in [4.69, 9.17) is 5.11 Å². The van der Waals surface area contributed by atoms with Crippen LogP contribution in [-0.4, -0.2) is 35.0 Å². The van der Waals surface area contributed by atoms with Crippen LogP contribution in [0.5, 0.6) is 0 Å². The number of amides is 1. The topological polar surface area (TPSA) is 57.6 Å². The lowest BCUT2D eigenvalue weighted by molar-refractivity contribution is -0.118. The normalized spacial score (nSPS) is 11.8. The molecule has 0 aromatic carbocycles. The van der Waals surface area contributed by atoms with Gasteiger partial charge in [-0.25, -0.2) is 4.79 Å². The van der Waals surface area contributed by atoms with E-state index >= 15 is 0 Å². The second-order valence-corrected chi connectivity index (χ2v) is 2.42. The number of ketones is 1. The Bertz CT molecular complexity index is 200. The van der Waals surface area contributed by atoms with Crippen LogP contribution in [0.1, 0.15) is 13.3 Å². The number of carbonyl (C=O) groups excluding carboxylic acids is 1. The van der Waals surface area contributed by atoms with Gasteiger partial charge in [0, 0.05) is 7.05 Å². The van der Waals surface area contributed by atoms with Gasteiger partial charge in [0.2, 0.25) is 0 Å². The smallest absolute Gasteiger partial charge is 0.407 e. The number of nitrogens with zero attached hydrogens (tertiary/aromatic N) is 1. The van der Waals surface area contributed by atoms with Crippen LogP contribution in [0.4, 0.5) is 4.79 Å². The third kappa shape index (κ3) is 2.38. The van der Waals surface area contributed by atoms with E-state index in [0.29, 0.717) is 6.42 Å². The summed E-state index contributed by atoms with van der Waals surface area (Å²) >= 11 is 0.